The second kappa shape index (κ2) is 4.15. The van der Waals surface area contributed by atoms with Crippen LogP contribution in [0.15, 0.2) is 18.2 Å². The average Bonchev–Trinajstić information content (AvgIpc) is 2.53. The second-order valence-electron chi connectivity index (χ2n) is 4.72. The molecular formula is C13H18ClN. The smallest absolute Gasteiger partial charge is 0.0438 e. The summed E-state index contributed by atoms with van der Waals surface area (Å²) in [6.07, 6.45) is 2.33. The lowest BCUT2D eigenvalue weighted by Crippen LogP contribution is -2.24. The third-order valence-electron chi connectivity index (χ3n) is 3.75. The van der Waals surface area contributed by atoms with Gasteiger partial charge in [-0.15, -0.1) is 0 Å². The van der Waals surface area contributed by atoms with E-state index in [0.29, 0.717) is 17.9 Å². The van der Waals surface area contributed by atoms with Crippen molar-refractivity contribution in [1.82, 2.24) is 0 Å². The molecule has 3 atom stereocenters. The van der Waals surface area contributed by atoms with E-state index >= 15 is 0 Å². The molecule has 1 fully saturated rings. The van der Waals surface area contributed by atoms with Crippen molar-refractivity contribution in [2.24, 2.45) is 11.7 Å². The van der Waals surface area contributed by atoms with E-state index in [1.165, 1.54) is 12.0 Å². The largest absolute Gasteiger partial charge is 0.327 e. The average molecular weight is 224 g/mol. The molecule has 0 bridgehead atoms. The molecule has 2 rings (SSSR count). The van der Waals surface area contributed by atoms with Crippen LogP contribution in [0.3, 0.4) is 0 Å². The standard InChI is InChI=1S/C13H18ClN/c1-8-3-4-10(7-12(8)14)11-5-6-13(15)9(11)2/h3-4,7,9,11,13H,5-6,15H2,1-2H3. The summed E-state index contributed by atoms with van der Waals surface area (Å²) >= 11 is 6.15. The molecule has 3 unspecified atom stereocenters. The number of halogens is 1. The Morgan fingerprint density at radius 1 is 1.33 bits per heavy atom. The molecule has 0 spiro atoms. The van der Waals surface area contributed by atoms with Crippen LogP contribution in [-0.4, -0.2) is 6.04 Å². The number of aryl methyl sites for hydroxylation is 1. The maximum absolute atomic E-state index is 6.15. The van der Waals surface area contributed by atoms with Gasteiger partial charge in [0.1, 0.15) is 0 Å². The minimum Gasteiger partial charge on any atom is -0.327 e. The van der Waals surface area contributed by atoms with Gasteiger partial charge in [-0.25, -0.2) is 0 Å². The van der Waals surface area contributed by atoms with Gasteiger partial charge in [-0.3, -0.25) is 0 Å². The molecule has 0 saturated heterocycles. The molecule has 0 amide bonds. The van der Waals surface area contributed by atoms with Crippen LogP contribution in [0.5, 0.6) is 0 Å². The molecule has 2 N–H and O–H groups in total. The Hall–Kier alpha value is -0.530. The van der Waals surface area contributed by atoms with Gasteiger partial charge in [0.2, 0.25) is 0 Å². The summed E-state index contributed by atoms with van der Waals surface area (Å²) in [7, 11) is 0. The predicted molar refractivity (Wildman–Crippen MR) is 65.3 cm³/mol. The SMILES string of the molecule is Cc1ccc(C2CCC(N)C2C)cc1Cl. The predicted octanol–water partition coefficient (Wildman–Crippen LogP) is 3.49. The summed E-state index contributed by atoms with van der Waals surface area (Å²) < 4.78 is 0. The van der Waals surface area contributed by atoms with Crippen molar-refractivity contribution in [1.29, 1.82) is 0 Å². The molecule has 82 valence electrons. The van der Waals surface area contributed by atoms with Crippen LogP contribution in [0.4, 0.5) is 0 Å². The monoisotopic (exact) mass is 223 g/mol. The highest BCUT2D eigenvalue weighted by atomic mass is 35.5. The number of nitrogens with two attached hydrogens (primary N) is 1. The van der Waals surface area contributed by atoms with E-state index in [1.807, 2.05) is 6.92 Å². The molecular weight excluding hydrogens is 206 g/mol. The molecule has 0 heterocycles. The highest BCUT2D eigenvalue weighted by Gasteiger charge is 2.31. The van der Waals surface area contributed by atoms with E-state index in [0.717, 1.165) is 17.0 Å². The number of benzene rings is 1. The molecule has 1 aliphatic carbocycles. The summed E-state index contributed by atoms with van der Waals surface area (Å²) in [6, 6.07) is 6.76. The quantitative estimate of drug-likeness (QED) is 0.775. The van der Waals surface area contributed by atoms with Crippen molar-refractivity contribution in [3.63, 3.8) is 0 Å². The van der Waals surface area contributed by atoms with Crippen molar-refractivity contribution in [2.45, 2.75) is 38.6 Å². The van der Waals surface area contributed by atoms with Gasteiger partial charge in [0, 0.05) is 11.1 Å². The number of hydrogen-bond acceptors (Lipinski definition) is 1. The zero-order chi connectivity index (χ0) is 11.0. The molecule has 0 radical (unpaired) electrons. The lowest BCUT2D eigenvalue weighted by molar-refractivity contribution is 0.479. The Balaban J connectivity index is 2.26. The van der Waals surface area contributed by atoms with Gasteiger partial charge in [0.15, 0.2) is 0 Å². The van der Waals surface area contributed by atoms with Gasteiger partial charge in [-0.1, -0.05) is 30.7 Å². The summed E-state index contributed by atoms with van der Waals surface area (Å²) in [5, 5.41) is 0.875. The van der Waals surface area contributed by atoms with Crippen molar-refractivity contribution in [3.8, 4) is 0 Å². The molecule has 1 nitrogen and oxygen atoms in total. The molecule has 1 saturated carbocycles. The summed E-state index contributed by atoms with van der Waals surface area (Å²) in [5.74, 6) is 1.17. The van der Waals surface area contributed by atoms with Crippen molar-refractivity contribution in [2.75, 3.05) is 0 Å². The maximum Gasteiger partial charge on any atom is 0.0438 e. The summed E-state index contributed by atoms with van der Waals surface area (Å²) in [5.41, 5.74) is 8.54. The normalized spacial score (nSPS) is 30.8. The van der Waals surface area contributed by atoms with Crippen molar-refractivity contribution in [3.05, 3.63) is 34.3 Å². The lowest BCUT2D eigenvalue weighted by Gasteiger charge is -2.19. The Bertz CT molecular complexity index is 362. The molecule has 15 heavy (non-hydrogen) atoms. The minimum atomic E-state index is 0.357. The third-order valence-corrected chi connectivity index (χ3v) is 4.15. The molecule has 0 aromatic heterocycles. The van der Waals surface area contributed by atoms with E-state index in [1.54, 1.807) is 0 Å². The van der Waals surface area contributed by atoms with E-state index in [4.69, 9.17) is 17.3 Å². The van der Waals surface area contributed by atoms with Crippen molar-refractivity contribution < 1.29 is 0 Å². The van der Waals surface area contributed by atoms with Crippen LogP contribution in [-0.2, 0) is 0 Å². The first-order chi connectivity index (χ1) is 7.09. The Morgan fingerprint density at radius 3 is 2.60 bits per heavy atom. The van der Waals surface area contributed by atoms with Gasteiger partial charge in [-0.2, -0.15) is 0 Å². The first-order valence-electron chi connectivity index (χ1n) is 5.61. The highest BCUT2D eigenvalue weighted by Crippen LogP contribution is 2.39. The van der Waals surface area contributed by atoms with E-state index in [2.05, 4.69) is 25.1 Å². The van der Waals surface area contributed by atoms with Crippen LogP contribution in [0.1, 0.15) is 36.8 Å². The third kappa shape index (κ3) is 2.04. The summed E-state index contributed by atoms with van der Waals surface area (Å²) in [4.78, 5) is 0. The first-order valence-corrected chi connectivity index (χ1v) is 5.99. The first kappa shape index (κ1) is 11.0. The van der Waals surface area contributed by atoms with Gasteiger partial charge in [0.25, 0.3) is 0 Å². The molecule has 2 heteroatoms. The fraction of sp³-hybridized carbons (Fsp3) is 0.538. The zero-order valence-corrected chi connectivity index (χ0v) is 10.1. The highest BCUT2D eigenvalue weighted by molar-refractivity contribution is 6.31. The second-order valence-corrected chi connectivity index (χ2v) is 5.12. The lowest BCUT2D eigenvalue weighted by atomic mass is 9.89. The Morgan fingerprint density at radius 2 is 2.07 bits per heavy atom. The van der Waals surface area contributed by atoms with E-state index in [9.17, 15) is 0 Å². The van der Waals surface area contributed by atoms with Crippen LogP contribution in [0, 0.1) is 12.8 Å². The molecule has 1 aromatic carbocycles. The maximum atomic E-state index is 6.15. The van der Waals surface area contributed by atoms with Crippen LogP contribution in [0.25, 0.3) is 0 Å². The van der Waals surface area contributed by atoms with Crippen LogP contribution in [0.2, 0.25) is 5.02 Å². The van der Waals surface area contributed by atoms with Gasteiger partial charge < -0.3 is 5.73 Å². The topological polar surface area (TPSA) is 26.0 Å². The summed E-state index contributed by atoms with van der Waals surface area (Å²) in [6.45, 7) is 4.28. The zero-order valence-electron chi connectivity index (χ0n) is 9.33. The fourth-order valence-corrected chi connectivity index (χ4v) is 2.70. The van der Waals surface area contributed by atoms with E-state index in [-0.39, 0.29) is 0 Å². The molecule has 1 aliphatic rings. The number of rotatable bonds is 1. The van der Waals surface area contributed by atoms with Gasteiger partial charge in [-0.05, 0) is 48.8 Å². The number of hydrogen-bond donors (Lipinski definition) is 1. The van der Waals surface area contributed by atoms with Crippen molar-refractivity contribution >= 4 is 11.6 Å². The Labute approximate surface area is 96.6 Å². The fourth-order valence-electron chi connectivity index (χ4n) is 2.51. The van der Waals surface area contributed by atoms with Gasteiger partial charge >= 0.3 is 0 Å². The molecule has 1 aromatic rings. The van der Waals surface area contributed by atoms with Crippen LogP contribution >= 0.6 is 11.6 Å². The van der Waals surface area contributed by atoms with Crippen LogP contribution < -0.4 is 5.73 Å². The molecule has 0 aliphatic heterocycles. The van der Waals surface area contributed by atoms with E-state index < -0.39 is 0 Å². The Kier molecular flexibility index (Phi) is 3.03. The van der Waals surface area contributed by atoms with Gasteiger partial charge in [0.05, 0.1) is 0 Å². The minimum absolute atomic E-state index is 0.357.